The van der Waals surface area contributed by atoms with E-state index < -0.39 is 15.4 Å². The number of β-amino-alcohol motifs (C(OH)–C–C–N with tert-alkyl or cyclic N) is 1. The van der Waals surface area contributed by atoms with E-state index in [4.69, 9.17) is 0 Å². The summed E-state index contributed by atoms with van der Waals surface area (Å²) in [4.78, 5) is 13.7. The fourth-order valence-corrected chi connectivity index (χ4v) is 3.06. The first-order valence-electron chi connectivity index (χ1n) is 6.51. The molecule has 1 saturated heterocycles. The van der Waals surface area contributed by atoms with Gasteiger partial charge in [0.25, 0.3) is 5.91 Å². The monoisotopic (exact) mass is 297 g/mol. The van der Waals surface area contributed by atoms with Crippen LogP contribution in [-0.4, -0.2) is 49.3 Å². The molecule has 0 aliphatic carbocycles. The molecule has 1 aromatic carbocycles. The van der Waals surface area contributed by atoms with Gasteiger partial charge in [0, 0.05) is 11.8 Å². The quantitative estimate of drug-likeness (QED) is 0.893. The maximum absolute atomic E-state index is 12.1. The van der Waals surface area contributed by atoms with Crippen molar-refractivity contribution in [1.82, 2.24) is 4.90 Å². The highest BCUT2D eigenvalue weighted by molar-refractivity contribution is 7.89. The molecule has 6 heteroatoms. The number of carbonyl (C=O) groups excluding carboxylic acids is 1. The molecule has 0 spiro atoms. The van der Waals surface area contributed by atoms with Crippen molar-refractivity contribution in [3.8, 4) is 0 Å². The van der Waals surface area contributed by atoms with Crippen LogP contribution in [0.2, 0.25) is 0 Å². The fraction of sp³-hybridized carbons (Fsp3) is 0.500. The Morgan fingerprint density at radius 1 is 1.30 bits per heavy atom. The molecule has 2 rings (SSSR count). The Morgan fingerprint density at radius 3 is 2.30 bits per heavy atom. The van der Waals surface area contributed by atoms with Crippen molar-refractivity contribution >= 4 is 15.7 Å². The van der Waals surface area contributed by atoms with Gasteiger partial charge in [-0.3, -0.25) is 4.79 Å². The molecule has 1 N–H and O–H groups in total. The summed E-state index contributed by atoms with van der Waals surface area (Å²) in [6, 6.07) is 6.57. The van der Waals surface area contributed by atoms with Gasteiger partial charge in [0.1, 0.15) is 0 Å². The first kappa shape index (κ1) is 15.0. The molecule has 1 amide bonds. The van der Waals surface area contributed by atoms with Crippen LogP contribution in [0.15, 0.2) is 24.3 Å². The van der Waals surface area contributed by atoms with Gasteiger partial charge >= 0.3 is 0 Å². The van der Waals surface area contributed by atoms with Gasteiger partial charge in [0.2, 0.25) is 0 Å². The van der Waals surface area contributed by atoms with E-state index in [0.717, 1.165) is 0 Å². The Hall–Kier alpha value is -1.40. The molecular formula is C14H19NO4S. The zero-order chi connectivity index (χ0) is 15.0. The first-order chi connectivity index (χ1) is 9.22. The largest absolute Gasteiger partial charge is 0.386 e. The minimum absolute atomic E-state index is 0.0270. The average Bonchev–Trinajstić information content (AvgIpc) is 2.33. The van der Waals surface area contributed by atoms with Gasteiger partial charge in [-0.2, -0.15) is 0 Å². The smallest absolute Gasteiger partial charge is 0.254 e. The van der Waals surface area contributed by atoms with E-state index in [1.54, 1.807) is 29.2 Å². The van der Waals surface area contributed by atoms with E-state index >= 15 is 0 Å². The summed E-state index contributed by atoms with van der Waals surface area (Å²) in [6.07, 6.45) is 1.81. The van der Waals surface area contributed by atoms with Gasteiger partial charge in [0.15, 0.2) is 9.84 Å². The van der Waals surface area contributed by atoms with E-state index in [1.807, 2.05) is 6.92 Å². The topological polar surface area (TPSA) is 74.7 Å². The number of nitrogens with zero attached hydrogens (tertiary/aromatic N) is 1. The third-order valence-electron chi connectivity index (χ3n) is 3.55. The van der Waals surface area contributed by atoms with Gasteiger partial charge in [-0.05, 0) is 24.1 Å². The highest BCUT2D eigenvalue weighted by Gasteiger charge is 2.42. The van der Waals surface area contributed by atoms with Crippen LogP contribution >= 0.6 is 0 Å². The van der Waals surface area contributed by atoms with Crippen LogP contribution in [0.4, 0.5) is 0 Å². The Bertz CT molecular complexity index is 601. The maximum atomic E-state index is 12.1. The average molecular weight is 297 g/mol. The lowest BCUT2D eigenvalue weighted by molar-refractivity contribution is -0.0826. The lowest BCUT2D eigenvalue weighted by atomic mass is 9.90. The number of carbonyl (C=O) groups is 1. The Balaban J connectivity index is 2.02. The Labute approximate surface area is 119 Å². The van der Waals surface area contributed by atoms with Crippen LogP contribution in [0, 0.1) is 0 Å². The SMILES string of the molecule is CCC1(O)CN(C(=O)c2ccc(CS(C)(=O)=O)cc2)C1. The van der Waals surface area contributed by atoms with Crippen molar-refractivity contribution in [3.05, 3.63) is 35.4 Å². The molecule has 110 valence electrons. The second kappa shape index (κ2) is 5.18. The van der Waals surface area contributed by atoms with Crippen molar-refractivity contribution < 1.29 is 18.3 Å². The molecule has 0 aromatic heterocycles. The van der Waals surface area contributed by atoms with Crippen molar-refractivity contribution in [2.24, 2.45) is 0 Å². The fourth-order valence-electron chi connectivity index (χ4n) is 2.26. The van der Waals surface area contributed by atoms with Crippen LogP contribution in [-0.2, 0) is 15.6 Å². The van der Waals surface area contributed by atoms with E-state index in [2.05, 4.69) is 0 Å². The van der Waals surface area contributed by atoms with Crippen molar-refractivity contribution in [2.75, 3.05) is 19.3 Å². The molecule has 1 heterocycles. The zero-order valence-electron chi connectivity index (χ0n) is 11.7. The van der Waals surface area contributed by atoms with Gasteiger partial charge in [-0.1, -0.05) is 19.1 Å². The molecule has 20 heavy (non-hydrogen) atoms. The van der Waals surface area contributed by atoms with Gasteiger partial charge in [0.05, 0.1) is 24.4 Å². The lowest BCUT2D eigenvalue weighted by Crippen LogP contribution is -2.63. The zero-order valence-corrected chi connectivity index (χ0v) is 12.5. The summed E-state index contributed by atoms with van der Waals surface area (Å²) in [7, 11) is -3.07. The van der Waals surface area contributed by atoms with Crippen LogP contribution in [0.5, 0.6) is 0 Å². The van der Waals surface area contributed by atoms with Gasteiger partial charge in [-0.25, -0.2) is 8.42 Å². The number of amides is 1. The van der Waals surface area contributed by atoms with Crippen LogP contribution < -0.4 is 0 Å². The van der Waals surface area contributed by atoms with E-state index in [1.165, 1.54) is 6.26 Å². The Kier molecular flexibility index (Phi) is 3.88. The summed E-state index contributed by atoms with van der Waals surface area (Å²) < 4.78 is 22.4. The molecule has 1 fully saturated rings. The van der Waals surface area contributed by atoms with Crippen LogP contribution in [0.25, 0.3) is 0 Å². The number of hydrogen-bond donors (Lipinski definition) is 1. The summed E-state index contributed by atoms with van der Waals surface area (Å²) in [5.41, 5.74) is 0.435. The normalized spacial score (nSPS) is 17.6. The molecule has 0 radical (unpaired) electrons. The molecule has 5 nitrogen and oxygen atoms in total. The molecule has 1 aliphatic heterocycles. The predicted molar refractivity (Wildman–Crippen MR) is 76.1 cm³/mol. The standard InChI is InChI=1S/C14H19NO4S/c1-3-14(17)9-15(10-14)13(16)12-6-4-11(5-7-12)8-20(2,18)19/h4-7,17H,3,8-10H2,1-2H3. The molecule has 0 bridgehead atoms. The maximum Gasteiger partial charge on any atom is 0.254 e. The molecule has 0 saturated carbocycles. The van der Waals surface area contributed by atoms with Crippen molar-refractivity contribution in [2.45, 2.75) is 24.7 Å². The number of aliphatic hydroxyl groups is 1. The number of benzene rings is 1. The van der Waals surface area contributed by atoms with E-state index in [-0.39, 0.29) is 11.7 Å². The summed E-state index contributed by atoms with van der Waals surface area (Å²) in [5.74, 6) is -0.158. The second-order valence-electron chi connectivity index (χ2n) is 5.51. The van der Waals surface area contributed by atoms with Crippen molar-refractivity contribution in [3.63, 3.8) is 0 Å². The molecule has 1 aromatic rings. The molecule has 0 unspecified atom stereocenters. The molecule has 1 aliphatic rings. The highest BCUT2D eigenvalue weighted by Crippen LogP contribution is 2.25. The minimum Gasteiger partial charge on any atom is -0.386 e. The molecule has 0 atom stereocenters. The van der Waals surface area contributed by atoms with Crippen molar-refractivity contribution in [1.29, 1.82) is 0 Å². The Morgan fingerprint density at radius 2 is 1.85 bits per heavy atom. The van der Waals surface area contributed by atoms with Crippen LogP contribution in [0.1, 0.15) is 29.3 Å². The lowest BCUT2D eigenvalue weighted by Gasteiger charge is -2.46. The van der Waals surface area contributed by atoms with E-state index in [0.29, 0.717) is 30.6 Å². The van der Waals surface area contributed by atoms with E-state index in [9.17, 15) is 18.3 Å². The minimum atomic E-state index is -3.07. The molecular weight excluding hydrogens is 278 g/mol. The summed E-state index contributed by atoms with van der Waals surface area (Å²) in [6.45, 7) is 2.60. The highest BCUT2D eigenvalue weighted by atomic mass is 32.2. The predicted octanol–water partition coefficient (Wildman–Crippen LogP) is 0.828. The number of likely N-dealkylation sites (tertiary alicyclic amines) is 1. The van der Waals surface area contributed by atoms with Gasteiger partial charge < -0.3 is 10.0 Å². The summed E-state index contributed by atoms with van der Waals surface area (Å²) in [5, 5.41) is 9.90. The van der Waals surface area contributed by atoms with Gasteiger partial charge in [-0.15, -0.1) is 0 Å². The third-order valence-corrected chi connectivity index (χ3v) is 4.40. The summed E-state index contributed by atoms with van der Waals surface area (Å²) >= 11 is 0. The number of hydrogen-bond acceptors (Lipinski definition) is 4. The third kappa shape index (κ3) is 3.37. The first-order valence-corrected chi connectivity index (χ1v) is 8.57. The number of sulfone groups is 1. The van der Waals surface area contributed by atoms with Crippen LogP contribution in [0.3, 0.4) is 0 Å². The second-order valence-corrected chi connectivity index (χ2v) is 7.65. The number of rotatable bonds is 4.